The molecule has 1 fully saturated rings. The molecule has 1 aromatic heterocycles. The minimum absolute atomic E-state index is 0.125. The first-order valence-electron chi connectivity index (χ1n) is 8.98. The number of nitrogens with zero attached hydrogens (tertiary/aromatic N) is 5. The van der Waals surface area contributed by atoms with Crippen LogP contribution >= 0.6 is 0 Å². The van der Waals surface area contributed by atoms with E-state index in [0.29, 0.717) is 38.5 Å². The summed E-state index contributed by atoms with van der Waals surface area (Å²) in [5.74, 6) is 0.433. The summed E-state index contributed by atoms with van der Waals surface area (Å²) in [6.07, 6.45) is 0.494. The Balaban J connectivity index is 1.63. The Hall–Kier alpha value is -2.62. The van der Waals surface area contributed by atoms with Gasteiger partial charge >= 0.3 is 12.1 Å². The first-order chi connectivity index (χ1) is 12.6. The Morgan fingerprint density at radius 3 is 2.37 bits per heavy atom. The lowest BCUT2D eigenvalue weighted by molar-refractivity contribution is -0.140. The standard InChI is InChI=1S/C17H26N6O4/c1-11-18-9-12-10-22(16(27)23(11)12)21-7-5-20(6-8-21)14(24)13(17(2,3)4)19-15(25)26/h9,13,19H,5-8,10H2,1-4H3,(H,25,26)/t13-/m0/s1. The number of aromatic nitrogens is 2. The van der Waals surface area contributed by atoms with Gasteiger partial charge in [-0.15, -0.1) is 0 Å². The van der Waals surface area contributed by atoms with E-state index in [4.69, 9.17) is 5.11 Å². The Morgan fingerprint density at radius 1 is 1.22 bits per heavy atom. The molecule has 0 radical (unpaired) electrons. The molecule has 2 aliphatic rings. The van der Waals surface area contributed by atoms with Gasteiger partial charge in [-0.05, 0) is 12.3 Å². The van der Waals surface area contributed by atoms with Crippen molar-refractivity contribution in [3.63, 3.8) is 0 Å². The molecule has 1 aromatic rings. The maximum atomic E-state index is 12.8. The highest BCUT2D eigenvalue weighted by Crippen LogP contribution is 2.24. The zero-order valence-corrected chi connectivity index (χ0v) is 16.1. The van der Waals surface area contributed by atoms with Crippen LogP contribution in [-0.2, 0) is 11.3 Å². The molecule has 148 valence electrons. The zero-order valence-electron chi connectivity index (χ0n) is 16.1. The number of nitrogens with one attached hydrogen (secondary N) is 1. The van der Waals surface area contributed by atoms with Crippen LogP contribution < -0.4 is 5.32 Å². The molecule has 2 aliphatic heterocycles. The van der Waals surface area contributed by atoms with E-state index < -0.39 is 17.6 Å². The molecular formula is C17H26N6O4. The summed E-state index contributed by atoms with van der Waals surface area (Å²) in [5.41, 5.74) is 0.320. The number of hydrogen-bond donors (Lipinski definition) is 2. The number of carbonyl (C=O) groups excluding carboxylic acids is 2. The molecule has 1 saturated heterocycles. The van der Waals surface area contributed by atoms with Crippen LogP contribution in [0.3, 0.4) is 0 Å². The van der Waals surface area contributed by atoms with Gasteiger partial charge in [0.15, 0.2) is 0 Å². The van der Waals surface area contributed by atoms with Gasteiger partial charge in [0.1, 0.15) is 11.9 Å². The molecule has 0 unspecified atom stereocenters. The number of piperazine rings is 1. The van der Waals surface area contributed by atoms with Crippen LogP contribution in [0.4, 0.5) is 9.59 Å². The first kappa shape index (κ1) is 19.2. The number of hydrazine groups is 1. The second kappa shape index (κ2) is 6.84. The van der Waals surface area contributed by atoms with Crippen molar-refractivity contribution in [3.05, 3.63) is 17.7 Å². The Morgan fingerprint density at radius 2 is 1.85 bits per heavy atom. The average Bonchev–Trinajstić information content (AvgIpc) is 3.12. The summed E-state index contributed by atoms with van der Waals surface area (Å²) >= 11 is 0. The largest absolute Gasteiger partial charge is 0.465 e. The predicted molar refractivity (Wildman–Crippen MR) is 95.9 cm³/mol. The predicted octanol–water partition coefficient (Wildman–Crippen LogP) is 0.717. The van der Waals surface area contributed by atoms with E-state index in [0.717, 1.165) is 5.69 Å². The number of hydrogen-bond acceptors (Lipinski definition) is 5. The van der Waals surface area contributed by atoms with Crippen LogP contribution in [0.15, 0.2) is 6.20 Å². The summed E-state index contributed by atoms with van der Waals surface area (Å²) in [7, 11) is 0. The molecule has 0 aliphatic carbocycles. The third kappa shape index (κ3) is 3.61. The third-order valence-electron chi connectivity index (χ3n) is 5.03. The van der Waals surface area contributed by atoms with Crippen molar-refractivity contribution in [1.29, 1.82) is 0 Å². The molecule has 10 heteroatoms. The van der Waals surface area contributed by atoms with Crippen molar-refractivity contribution in [2.45, 2.75) is 40.3 Å². The van der Waals surface area contributed by atoms with Crippen LogP contribution in [0.25, 0.3) is 0 Å². The van der Waals surface area contributed by atoms with Gasteiger partial charge < -0.3 is 15.3 Å². The molecular weight excluding hydrogens is 352 g/mol. The van der Waals surface area contributed by atoms with E-state index in [9.17, 15) is 14.4 Å². The smallest absolute Gasteiger partial charge is 0.405 e. The number of aryl methyl sites for hydroxylation is 1. The van der Waals surface area contributed by atoms with E-state index in [-0.39, 0.29) is 11.9 Å². The second-order valence-corrected chi connectivity index (χ2v) is 8.00. The first-order valence-corrected chi connectivity index (χ1v) is 8.98. The SMILES string of the molecule is Cc1ncc2n1C(=O)N(N1CCN(C(=O)[C@H](NC(=O)O)C(C)(C)C)CC1)C2. The van der Waals surface area contributed by atoms with Gasteiger partial charge in [-0.1, -0.05) is 20.8 Å². The molecule has 0 spiro atoms. The number of carboxylic acid groups (broad SMARTS) is 1. The fraction of sp³-hybridized carbons (Fsp3) is 0.647. The minimum Gasteiger partial charge on any atom is -0.465 e. The van der Waals surface area contributed by atoms with Crippen molar-refractivity contribution >= 4 is 18.0 Å². The summed E-state index contributed by atoms with van der Waals surface area (Å²) in [4.78, 5) is 42.3. The van der Waals surface area contributed by atoms with Crippen LogP contribution in [0.5, 0.6) is 0 Å². The van der Waals surface area contributed by atoms with Gasteiger partial charge in [-0.3, -0.25) is 9.80 Å². The summed E-state index contributed by atoms with van der Waals surface area (Å²) in [6, 6.07) is -0.940. The van der Waals surface area contributed by atoms with Crippen LogP contribution in [0.2, 0.25) is 0 Å². The Labute approximate surface area is 157 Å². The lowest BCUT2D eigenvalue weighted by Crippen LogP contribution is -2.60. The van der Waals surface area contributed by atoms with E-state index in [2.05, 4.69) is 10.3 Å². The van der Waals surface area contributed by atoms with Gasteiger partial charge in [0, 0.05) is 26.2 Å². The number of carbonyl (C=O) groups is 3. The third-order valence-corrected chi connectivity index (χ3v) is 5.03. The molecule has 27 heavy (non-hydrogen) atoms. The quantitative estimate of drug-likeness (QED) is 0.802. The van der Waals surface area contributed by atoms with Crippen LogP contribution in [0, 0.1) is 12.3 Å². The maximum absolute atomic E-state index is 12.8. The molecule has 3 amide bonds. The lowest BCUT2D eigenvalue weighted by atomic mass is 9.85. The fourth-order valence-corrected chi connectivity index (χ4v) is 3.53. The van der Waals surface area contributed by atoms with Crippen molar-refractivity contribution in [1.82, 2.24) is 29.8 Å². The minimum atomic E-state index is -1.21. The van der Waals surface area contributed by atoms with E-state index in [1.54, 1.807) is 27.6 Å². The summed E-state index contributed by atoms with van der Waals surface area (Å²) in [5, 5.41) is 15.0. The van der Waals surface area contributed by atoms with Gasteiger partial charge in [0.2, 0.25) is 5.91 Å². The molecule has 3 rings (SSSR count). The average molecular weight is 378 g/mol. The van der Waals surface area contributed by atoms with Crippen LogP contribution in [-0.4, -0.2) is 79.8 Å². The van der Waals surface area contributed by atoms with Crippen LogP contribution in [0.1, 0.15) is 32.3 Å². The van der Waals surface area contributed by atoms with E-state index >= 15 is 0 Å². The van der Waals surface area contributed by atoms with Crippen molar-refractivity contribution in [3.8, 4) is 0 Å². The van der Waals surface area contributed by atoms with Crippen molar-refractivity contribution in [2.75, 3.05) is 26.2 Å². The van der Waals surface area contributed by atoms with Gasteiger partial charge in [0.05, 0.1) is 18.4 Å². The van der Waals surface area contributed by atoms with Gasteiger partial charge in [0.25, 0.3) is 0 Å². The summed E-state index contributed by atoms with van der Waals surface area (Å²) in [6.45, 7) is 9.64. The fourth-order valence-electron chi connectivity index (χ4n) is 3.53. The monoisotopic (exact) mass is 378 g/mol. The highest BCUT2D eigenvalue weighted by molar-refractivity contribution is 5.86. The zero-order chi connectivity index (χ0) is 19.9. The molecule has 10 nitrogen and oxygen atoms in total. The Kier molecular flexibility index (Phi) is 4.85. The van der Waals surface area contributed by atoms with E-state index in [1.807, 2.05) is 25.8 Å². The number of fused-ring (bicyclic) bond motifs is 1. The van der Waals surface area contributed by atoms with Crippen molar-refractivity contribution in [2.24, 2.45) is 5.41 Å². The highest BCUT2D eigenvalue weighted by atomic mass is 16.4. The van der Waals surface area contributed by atoms with Crippen molar-refractivity contribution < 1.29 is 19.5 Å². The molecule has 2 N–H and O–H groups in total. The van der Waals surface area contributed by atoms with E-state index in [1.165, 1.54) is 0 Å². The number of imidazole rings is 1. The highest BCUT2D eigenvalue weighted by Gasteiger charge is 2.39. The van der Waals surface area contributed by atoms with Gasteiger partial charge in [-0.2, -0.15) is 0 Å². The molecule has 0 bridgehead atoms. The molecule has 0 aromatic carbocycles. The second-order valence-electron chi connectivity index (χ2n) is 8.00. The Bertz CT molecular complexity index is 760. The topological polar surface area (TPSA) is 111 Å². The van der Waals surface area contributed by atoms with Gasteiger partial charge in [-0.25, -0.2) is 24.1 Å². The number of rotatable bonds is 3. The molecule has 0 saturated carbocycles. The lowest BCUT2D eigenvalue weighted by Gasteiger charge is -2.41. The maximum Gasteiger partial charge on any atom is 0.405 e. The molecule has 1 atom stereocenters. The summed E-state index contributed by atoms with van der Waals surface area (Å²) < 4.78 is 1.60. The number of amides is 3. The normalized spacial score (nSPS) is 19.2. The molecule has 3 heterocycles.